The van der Waals surface area contributed by atoms with Crippen LogP contribution in [-0.2, 0) is 4.79 Å². The van der Waals surface area contributed by atoms with E-state index in [1.165, 1.54) is 30.6 Å². The van der Waals surface area contributed by atoms with E-state index in [2.05, 4.69) is 22.5 Å². The first-order valence-electron chi connectivity index (χ1n) is 7.78. The zero-order valence-electron chi connectivity index (χ0n) is 12.2. The first-order valence-corrected chi connectivity index (χ1v) is 8.66. The molecule has 0 N–H and O–H groups in total. The molecule has 0 amide bonds. The summed E-state index contributed by atoms with van der Waals surface area (Å²) in [5.41, 5.74) is 0.966. The third-order valence-corrected chi connectivity index (χ3v) is 5.15. The molecule has 0 radical (unpaired) electrons. The van der Waals surface area contributed by atoms with Crippen LogP contribution in [0, 0.1) is 11.8 Å². The number of hydrogen-bond donors (Lipinski definition) is 0. The van der Waals surface area contributed by atoms with Crippen LogP contribution in [0.1, 0.15) is 37.0 Å². The van der Waals surface area contributed by atoms with Gasteiger partial charge in [0.15, 0.2) is 0 Å². The minimum Gasteiger partial charge on any atom is -0.299 e. The molecule has 1 aliphatic carbocycles. The molecular formula is C18H21NOS. The minimum absolute atomic E-state index is 0.00416. The quantitative estimate of drug-likeness (QED) is 0.785. The molecule has 1 aliphatic heterocycles. The lowest BCUT2D eigenvalue weighted by Crippen LogP contribution is -2.21. The first-order chi connectivity index (χ1) is 10.3. The van der Waals surface area contributed by atoms with Crippen LogP contribution in [0.25, 0.3) is 6.08 Å². The lowest BCUT2D eigenvalue weighted by Gasteiger charge is -2.15. The number of ketones is 1. The van der Waals surface area contributed by atoms with Gasteiger partial charge in [0.1, 0.15) is 5.78 Å². The van der Waals surface area contributed by atoms with Gasteiger partial charge in [0.2, 0.25) is 0 Å². The largest absolute Gasteiger partial charge is 0.299 e. The van der Waals surface area contributed by atoms with Gasteiger partial charge in [-0.15, -0.1) is 11.3 Å². The molecule has 0 saturated heterocycles. The third kappa shape index (κ3) is 4.01. The molecule has 110 valence electrons. The van der Waals surface area contributed by atoms with E-state index in [1.807, 2.05) is 24.3 Å². The molecule has 3 rings (SSSR count). The van der Waals surface area contributed by atoms with Crippen LogP contribution in [0.4, 0.5) is 0 Å². The number of carbonyl (C=O) groups is 1. The van der Waals surface area contributed by atoms with Gasteiger partial charge in [-0.25, -0.2) is 0 Å². The Kier molecular flexibility index (Phi) is 4.81. The Morgan fingerprint density at radius 2 is 2.19 bits per heavy atom. The molecule has 0 spiro atoms. The predicted molar refractivity (Wildman–Crippen MR) is 89.9 cm³/mol. The van der Waals surface area contributed by atoms with E-state index in [-0.39, 0.29) is 5.92 Å². The van der Waals surface area contributed by atoms with Gasteiger partial charge in [0.25, 0.3) is 0 Å². The Hall–Kier alpha value is -1.48. The number of allylic oxidation sites excluding steroid dienone is 2. The number of rotatable bonds is 5. The Bertz CT molecular complexity index is 562. The maximum Gasteiger partial charge on any atom is 0.141 e. The summed E-state index contributed by atoms with van der Waals surface area (Å²) in [6, 6.07) is 4.13. The fraction of sp³-hybridized carbons (Fsp3) is 0.444. The lowest BCUT2D eigenvalue weighted by molar-refractivity contribution is -0.122. The van der Waals surface area contributed by atoms with Crippen molar-refractivity contribution in [2.75, 3.05) is 6.54 Å². The monoisotopic (exact) mass is 299 g/mol. The summed E-state index contributed by atoms with van der Waals surface area (Å²) in [5, 5.41) is 2.07. The van der Waals surface area contributed by atoms with E-state index in [0.717, 1.165) is 12.1 Å². The van der Waals surface area contributed by atoms with Crippen molar-refractivity contribution < 1.29 is 4.79 Å². The molecule has 2 aliphatic rings. The average Bonchev–Trinajstić information content (AvgIpc) is 3.19. The molecule has 1 aromatic rings. The van der Waals surface area contributed by atoms with Crippen molar-refractivity contribution in [3.8, 4) is 0 Å². The Morgan fingerprint density at radius 3 is 2.86 bits per heavy atom. The normalized spacial score (nSPS) is 22.9. The predicted octanol–water partition coefficient (Wildman–Crippen LogP) is 4.54. The highest BCUT2D eigenvalue weighted by atomic mass is 32.1. The van der Waals surface area contributed by atoms with Crippen LogP contribution in [0.15, 0.2) is 40.7 Å². The minimum atomic E-state index is 0.00416. The van der Waals surface area contributed by atoms with E-state index >= 15 is 0 Å². The Morgan fingerprint density at radius 1 is 1.33 bits per heavy atom. The number of thiophene rings is 1. The summed E-state index contributed by atoms with van der Waals surface area (Å²) in [6.07, 6.45) is 14.0. The van der Waals surface area contributed by atoms with Crippen molar-refractivity contribution in [2.24, 2.45) is 16.8 Å². The molecule has 1 aromatic heterocycles. The molecule has 0 bridgehead atoms. The molecule has 2 heterocycles. The fourth-order valence-corrected chi connectivity index (χ4v) is 3.67. The molecule has 21 heavy (non-hydrogen) atoms. The number of dihydropyridines is 1. The van der Waals surface area contributed by atoms with Gasteiger partial charge < -0.3 is 0 Å². The van der Waals surface area contributed by atoms with E-state index in [4.69, 9.17) is 0 Å². The molecule has 3 heteroatoms. The van der Waals surface area contributed by atoms with Crippen molar-refractivity contribution in [1.29, 1.82) is 0 Å². The molecule has 0 aromatic carbocycles. The zero-order valence-corrected chi connectivity index (χ0v) is 13.0. The summed E-state index contributed by atoms with van der Waals surface area (Å²) in [4.78, 5) is 18.0. The summed E-state index contributed by atoms with van der Waals surface area (Å²) < 4.78 is 0. The van der Waals surface area contributed by atoms with Gasteiger partial charge in [-0.3, -0.25) is 9.79 Å². The lowest BCUT2D eigenvalue weighted by atomic mass is 9.92. The number of hydrogen-bond acceptors (Lipinski definition) is 3. The van der Waals surface area contributed by atoms with Crippen molar-refractivity contribution in [3.05, 3.63) is 40.6 Å². The topological polar surface area (TPSA) is 29.4 Å². The van der Waals surface area contributed by atoms with Crippen LogP contribution >= 0.6 is 11.3 Å². The number of Topliss-reactive ketones (excluding diaryl/α,β-unsaturated/α-hetero) is 1. The van der Waals surface area contributed by atoms with Crippen LogP contribution in [0.2, 0.25) is 0 Å². The van der Waals surface area contributed by atoms with Gasteiger partial charge >= 0.3 is 0 Å². The summed E-state index contributed by atoms with van der Waals surface area (Å²) in [6.45, 7) is 0.617. The SMILES string of the molecule is O=C(CC1CCCC1)C1C=CC(/C=C/c2cccs2)=NC1. The molecule has 1 saturated carbocycles. The highest BCUT2D eigenvalue weighted by Gasteiger charge is 2.23. The second-order valence-electron chi connectivity index (χ2n) is 5.90. The van der Waals surface area contributed by atoms with E-state index < -0.39 is 0 Å². The Labute approximate surface area is 130 Å². The molecule has 2 nitrogen and oxygen atoms in total. The van der Waals surface area contributed by atoms with Crippen molar-refractivity contribution in [3.63, 3.8) is 0 Å². The first kappa shape index (κ1) is 14.5. The third-order valence-electron chi connectivity index (χ3n) is 4.31. The maximum atomic E-state index is 12.3. The summed E-state index contributed by atoms with van der Waals surface area (Å²) >= 11 is 1.71. The highest BCUT2D eigenvalue weighted by Crippen LogP contribution is 2.29. The average molecular weight is 299 g/mol. The highest BCUT2D eigenvalue weighted by molar-refractivity contribution is 7.10. The second kappa shape index (κ2) is 6.99. The molecule has 1 fully saturated rings. The zero-order chi connectivity index (χ0) is 14.5. The van der Waals surface area contributed by atoms with Gasteiger partial charge in [-0.1, -0.05) is 37.8 Å². The van der Waals surface area contributed by atoms with E-state index in [0.29, 0.717) is 18.2 Å². The molecular weight excluding hydrogens is 278 g/mol. The number of aliphatic imine (C=N–C) groups is 1. The number of carbonyl (C=O) groups excluding carboxylic acids is 1. The standard InChI is InChI=1S/C18H21NOS/c20-18(12-14-4-1-2-5-14)15-7-8-16(19-13-15)9-10-17-6-3-11-21-17/h3,6-11,14-15H,1-2,4-5,12-13H2/b10-9+. The Balaban J connectivity index is 1.51. The van der Waals surface area contributed by atoms with Gasteiger partial charge in [-0.2, -0.15) is 0 Å². The van der Waals surface area contributed by atoms with Crippen LogP contribution in [0.5, 0.6) is 0 Å². The molecule has 1 unspecified atom stereocenters. The summed E-state index contributed by atoms with van der Waals surface area (Å²) in [7, 11) is 0. The van der Waals surface area contributed by atoms with Crippen LogP contribution < -0.4 is 0 Å². The second-order valence-corrected chi connectivity index (χ2v) is 6.88. The summed E-state index contributed by atoms with van der Waals surface area (Å²) in [5.74, 6) is 1.02. The smallest absolute Gasteiger partial charge is 0.141 e. The van der Waals surface area contributed by atoms with Gasteiger partial charge in [0, 0.05) is 11.3 Å². The van der Waals surface area contributed by atoms with Crippen LogP contribution in [-0.4, -0.2) is 18.0 Å². The van der Waals surface area contributed by atoms with Gasteiger partial charge in [0.05, 0.1) is 18.2 Å². The number of nitrogens with zero attached hydrogens (tertiary/aromatic N) is 1. The van der Waals surface area contributed by atoms with Crippen LogP contribution in [0.3, 0.4) is 0 Å². The van der Waals surface area contributed by atoms with Crippen molar-refractivity contribution >= 4 is 28.9 Å². The maximum absolute atomic E-state index is 12.3. The van der Waals surface area contributed by atoms with Gasteiger partial charge in [-0.05, 0) is 35.6 Å². The fourth-order valence-electron chi connectivity index (χ4n) is 3.05. The molecule has 1 atom stereocenters. The van der Waals surface area contributed by atoms with E-state index in [1.54, 1.807) is 11.3 Å². The van der Waals surface area contributed by atoms with E-state index in [9.17, 15) is 4.79 Å². The van der Waals surface area contributed by atoms with Crippen molar-refractivity contribution in [2.45, 2.75) is 32.1 Å². The van der Waals surface area contributed by atoms with Crippen molar-refractivity contribution in [1.82, 2.24) is 0 Å².